The Kier molecular flexibility index (Phi) is 4.71. The first kappa shape index (κ1) is 13.9. The topological polar surface area (TPSA) is 0 Å². The van der Waals surface area contributed by atoms with Gasteiger partial charge in [-0.1, -0.05) is 51.8 Å². The summed E-state index contributed by atoms with van der Waals surface area (Å²) in [6.45, 7) is 2.07. The van der Waals surface area contributed by atoms with Crippen LogP contribution in [0.4, 0.5) is 0 Å². The smallest absolute Gasteiger partial charge is 0.0636 e. The van der Waals surface area contributed by atoms with Crippen molar-refractivity contribution in [2.24, 2.45) is 0 Å². The second-order valence-corrected chi connectivity index (χ2v) is 6.14. The quantitative estimate of drug-likeness (QED) is 0.605. The Morgan fingerprint density at radius 3 is 2.39 bits per heavy atom. The molecule has 3 heteroatoms. The summed E-state index contributed by atoms with van der Waals surface area (Å²) < 4.78 is 1.07. The summed E-state index contributed by atoms with van der Waals surface area (Å²) in [5.41, 5.74) is 3.53. The maximum atomic E-state index is 6.48. The first-order valence-corrected chi connectivity index (χ1v) is 7.31. The molecule has 0 amide bonds. The van der Waals surface area contributed by atoms with Crippen molar-refractivity contribution in [3.8, 4) is 0 Å². The van der Waals surface area contributed by atoms with Gasteiger partial charge in [-0.05, 0) is 48.2 Å². The molecule has 2 rings (SSSR count). The molecular weight excluding hydrogens is 331 g/mol. The van der Waals surface area contributed by atoms with Gasteiger partial charge in [0.15, 0.2) is 0 Å². The number of benzene rings is 2. The fraction of sp³-hybridized carbons (Fsp3) is 0.200. The van der Waals surface area contributed by atoms with E-state index in [1.165, 1.54) is 11.1 Å². The maximum Gasteiger partial charge on any atom is 0.0636 e. The van der Waals surface area contributed by atoms with Gasteiger partial charge in [0.05, 0.1) is 5.38 Å². The van der Waals surface area contributed by atoms with Crippen molar-refractivity contribution in [1.29, 1.82) is 0 Å². The van der Waals surface area contributed by atoms with Gasteiger partial charge >= 0.3 is 0 Å². The third-order valence-electron chi connectivity index (χ3n) is 2.82. The van der Waals surface area contributed by atoms with Crippen LogP contribution in [0.25, 0.3) is 0 Å². The number of alkyl halides is 1. The van der Waals surface area contributed by atoms with Crippen molar-refractivity contribution in [2.45, 2.75) is 18.7 Å². The summed E-state index contributed by atoms with van der Waals surface area (Å²) >= 11 is 15.9. The summed E-state index contributed by atoms with van der Waals surface area (Å²) in [5, 5.41) is 0.711. The lowest BCUT2D eigenvalue weighted by Crippen LogP contribution is -1.97. The van der Waals surface area contributed by atoms with Crippen LogP contribution >= 0.6 is 39.1 Å². The van der Waals surface area contributed by atoms with Gasteiger partial charge in [-0.15, -0.1) is 11.6 Å². The average Bonchev–Trinajstić information content (AvgIpc) is 2.32. The van der Waals surface area contributed by atoms with E-state index in [0.717, 1.165) is 21.5 Å². The van der Waals surface area contributed by atoms with E-state index in [1.807, 2.05) is 24.3 Å². The number of aryl methyl sites for hydroxylation is 1. The molecule has 0 fully saturated rings. The molecule has 0 saturated heterocycles. The van der Waals surface area contributed by atoms with Crippen molar-refractivity contribution >= 4 is 39.1 Å². The van der Waals surface area contributed by atoms with Crippen molar-refractivity contribution in [3.63, 3.8) is 0 Å². The molecule has 0 bridgehead atoms. The highest BCUT2D eigenvalue weighted by molar-refractivity contribution is 9.10. The van der Waals surface area contributed by atoms with Crippen LogP contribution in [0.1, 0.15) is 22.1 Å². The number of hydrogen-bond donors (Lipinski definition) is 0. The predicted molar refractivity (Wildman–Crippen MR) is 82.6 cm³/mol. The molecule has 1 atom stereocenters. The molecule has 0 aromatic heterocycles. The monoisotopic (exact) mass is 342 g/mol. The van der Waals surface area contributed by atoms with Gasteiger partial charge in [0.1, 0.15) is 0 Å². The lowest BCUT2D eigenvalue weighted by atomic mass is 10.0. The molecule has 94 valence electrons. The molecule has 18 heavy (non-hydrogen) atoms. The standard InChI is InChI=1S/C15H13BrCl2/c1-10-2-7-13(14(16)8-10)15(18)9-11-3-5-12(17)6-4-11/h2-8,15H,9H2,1H3. The Labute approximate surface area is 126 Å². The first-order chi connectivity index (χ1) is 8.56. The predicted octanol–water partition coefficient (Wildman–Crippen LogP) is 5.93. The van der Waals surface area contributed by atoms with Gasteiger partial charge in [-0.3, -0.25) is 0 Å². The summed E-state index contributed by atoms with van der Waals surface area (Å²) in [5.74, 6) is 0. The Morgan fingerprint density at radius 2 is 1.78 bits per heavy atom. The third kappa shape index (κ3) is 3.50. The minimum atomic E-state index is -0.0406. The molecule has 0 radical (unpaired) electrons. The Morgan fingerprint density at radius 1 is 1.11 bits per heavy atom. The van der Waals surface area contributed by atoms with Crippen LogP contribution in [0, 0.1) is 6.92 Å². The molecule has 0 aliphatic carbocycles. The minimum Gasteiger partial charge on any atom is -0.117 e. The Hall–Kier alpha value is -0.500. The van der Waals surface area contributed by atoms with E-state index in [-0.39, 0.29) is 5.38 Å². The first-order valence-electron chi connectivity index (χ1n) is 5.71. The highest BCUT2D eigenvalue weighted by atomic mass is 79.9. The molecule has 0 aliphatic heterocycles. The van der Waals surface area contributed by atoms with E-state index in [2.05, 4.69) is 41.1 Å². The molecule has 0 spiro atoms. The zero-order chi connectivity index (χ0) is 13.1. The molecular formula is C15H13BrCl2. The van der Waals surface area contributed by atoms with Gasteiger partial charge in [0.25, 0.3) is 0 Å². The highest BCUT2D eigenvalue weighted by Gasteiger charge is 2.12. The van der Waals surface area contributed by atoms with Crippen LogP contribution in [-0.2, 0) is 6.42 Å². The highest BCUT2D eigenvalue weighted by Crippen LogP contribution is 2.31. The molecule has 0 heterocycles. The van der Waals surface area contributed by atoms with Crippen LogP contribution in [0.3, 0.4) is 0 Å². The lowest BCUT2D eigenvalue weighted by Gasteiger charge is -2.12. The third-order valence-corrected chi connectivity index (χ3v) is 4.15. The zero-order valence-corrected chi connectivity index (χ0v) is 13.1. The van der Waals surface area contributed by atoms with Crippen molar-refractivity contribution < 1.29 is 0 Å². The molecule has 2 aromatic carbocycles. The average molecular weight is 344 g/mol. The fourth-order valence-electron chi connectivity index (χ4n) is 1.82. The van der Waals surface area contributed by atoms with Crippen LogP contribution in [-0.4, -0.2) is 0 Å². The van der Waals surface area contributed by atoms with E-state index in [4.69, 9.17) is 23.2 Å². The summed E-state index contributed by atoms with van der Waals surface area (Å²) in [7, 11) is 0. The maximum absolute atomic E-state index is 6.48. The lowest BCUT2D eigenvalue weighted by molar-refractivity contribution is 0.913. The van der Waals surface area contributed by atoms with Crippen molar-refractivity contribution in [1.82, 2.24) is 0 Å². The molecule has 0 aliphatic rings. The van der Waals surface area contributed by atoms with Crippen LogP contribution < -0.4 is 0 Å². The molecule has 0 N–H and O–H groups in total. The van der Waals surface area contributed by atoms with Crippen molar-refractivity contribution in [3.05, 3.63) is 68.7 Å². The second kappa shape index (κ2) is 6.10. The molecule has 0 nitrogen and oxygen atoms in total. The van der Waals surface area contributed by atoms with Gasteiger partial charge in [0, 0.05) is 9.50 Å². The van der Waals surface area contributed by atoms with Gasteiger partial charge in [0.2, 0.25) is 0 Å². The van der Waals surface area contributed by atoms with Crippen LogP contribution in [0.2, 0.25) is 5.02 Å². The summed E-state index contributed by atoms with van der Waals surface area (Å²) in [6.07, 6.45) is 0.792. The summed E-state index contributed by atoms with van der Waals surface area (Å²) in [6, 6.07) is 14.1. The van der Waals surface area contributed by atoms with Gasteiger partial charge in [-0.2, -0.15) is 0 Å². The normalized spacial score (nSPS) is 12.4. The Bertz CT molecular complexity index is 535. The minimum absolute atomic E-state index is 0.0406. The van der Waals surface area contributed by atoms with Gasteiger partial charge in [-0.25, -0.2) is 0 Å². The number of rotatable bonds is 3. The molecule has 2 aromatic rings. The van der Waals surface area contributed by atoms with E-state index in [9.17, 15) is 0 Å². The Balaban J connectivity index is 2.16. The van der Waals surface area contributed by atoms with E-state index >= 15 is 0 Å². The fourth-order valence-corrected chi connectivity index (χ4v) is 3.22. The summed E-state index contributed by atoms with van der Waals surface area (Å²) in [4.78, 5) is 0. The SMILES string of the molecule is Cc1ccc(C(Cl)Cc2ccc(Cl)cc2)c(Br)c1. The molecule has 0 saturated carbocycles. The van der Waals surface area contributed by atoms with Crippen LogP contribution in [0.15, 0.2) is 46.9 Å². The zero-order valence-electron chi connectivity index (χ0n) is 9.96. The number of hydrogen-bond acceptors (Lipinski definition) is 0. The van der Waals surface area contributed by atoms with E-state index in [1.54, 1.807) is 0 Å². The largest absolute Gasteiger partial charge is 0.117 e. The van der Waals surface area contributed by atoms with E-state index in [0.29, 0.717) is 0 Å². The van der Waals surface area contributed by atoms with Gasteiger partial charge < -0.3 is 0 Å². The van der Waals surface area contributed by atoms with Crippen molar-refractivity contribution in [2.75, 3.05) is 0 Å². The second-order valence-electron chi connectivity index (χ2n) is 4.32. The van der Waals surface area contributed by atoms with E-state index < -0.39 is 0 Å². The van der Waals surface area contributed by atoms with Crippen LogP contribution in [0.5, 0.6) is 0 Å². The molecule has 1 unspecified atom stereocenters. The number of halogens is 3.